The zero-order valence-electron chi connectivity index (χ0n) is 12.9. The van der Waals surface area contributed by atoms with E-state index in [1.54, 1.807) is 26.0 Å². The third-order valence-corrected chi connectivity index (χ3v) is 4.97. The Kier molecular flexibility index (Phi) is 4.33. The van der Waals surface area contributed by atoms with Gasteiger partial charge in [0, 0.05) is 0 Å². The highest BCUT2D eigenvalue weighted by Gasteiger charge is 2.24. The summed E-state index contributed by atoms with van der Waals surface area (Å²) in [6, 6.07) is 7.60. The van der Waals surface area contributed by atoms with Crippen LogP contribution in [0.3, 0.4) is 0 Å². The van der Waals surface area contributed by atoms with E-state index in [0.29, 0.717) is 11.3 Å². The molecule has 0 aromatic heterocycles. The maximum Gasteiger partial charge on any atom is 0.339 e. The lowest BCUT2D eigenvalue weighted by Crippen LogP contribution is -2.15. The van der Waals surface area contributed by atoms with E-state index < -0.39 is 32.2 Å². The fourth-order valence-corrected chi connectivity index (χ4v) is 3.50. The molecule has 0 heterocycles. The molecular formula is C16H17NO5S. The Hall–Kier alpha value is -2.54. The first-order valence-electron chi connectivity index (χ1n) is 6.79. The average Bonchev–Trinajstić information content (AvgIpc) is 2.45. The highest BCUT2D eigenvalue weighted by molar-refractivity contribution is 7.92. The number of carboxylic acid groups (broad SMARTS) is 1. The molecule has 0 bridgehead atoms. The van der Waals surface area contributed by atoms with Crippen LogP contribution >= 0.6 is 0 Å². The Bertz CT molecular complexity index is 888. The molecule has 0 atom stereocenters. The average molecular weight is 335 g/mol. The lowest BCUT2D eigenvalue weighted by Gasteiger charge is -2.14. The van der Waals surface area contributed by atoms with Gasteiger partial charge in [-0.15, -0.1) is 0 Å². The summed E-state index contributed by atoms with van der Waals surface area (Å²) in [6.07, 6.45) is 0. The van der Waals surface area contributed by atoms with Crippen LogP contribution in [0.1, 0.15) is 27.0 Å². The van der Waals surface area contributed by atoms with E-state index in [4.69, 9.17) is 5.11 Å². The van der Waals surface area contributed by atoms with E-state index in [2.05, 4.69) is 4.72 Å². The normalized spacial score (nSPS) is 11.3. The predicted molar refractivity (Wildman–Crippen MR) is 86.5 cm³/mol. The fourth-order valence-electron chi connectivity index (χ4n) is 2.17. The van der Waals surface area contributed by atoms with Crippen LogP contribution in [0, 0.1) is 20.8 Å². The summed E-state index contributed by atoms with van der Waals surface area (Å²) in [5, 5.41) is 19.1. The molecule has 3 N–H and O–H groups in total. The number of rotatable bonds is 4. The number of anilines is 1. The van der Waals surface area contributed by atoms with Crippen LogP contribution in [0.2, 0.25) is 0 Å². The first-order chi connectivity index (χ1) is 10.6. The van der Waals surface area contributed by atoms with Crippen molar-refractivity contribution in [3.63, 3.8) is 0 Å². The van der Waals surface area contributed by atoms with Crippen molar-refractivity contribution in [2.24, 2.45) is 0 Å². The van der Waals surface area contributed by atoms with Gasteiger partial charge < -0.3 is 10.2 Å². The molecular weight excluding hydrogens is 318 g/mol. The van der Waals surface area contributed by atoms with Gasteiger partial charge in [0.1, 0.15) is 10.5 Å². The van der Waals surface area contributed by atoms with Gasteiger partial charge in [-0.1, -0.05) is 12.1 Å². The Balaban J connectivity index is 2.57. The number of phenols is 1. The molecule has 0 unspecified atom stereocenters. The minimum Gasteiger partial charge on any atom is -0.506 e. The highest BCUT2D eigenvalue weighted by atomic mass is 32.2. The summed E-state index contributed by atoms with van der Waals surface area (Å²) in [5.74, 6) is -2.17. The number of nitrogens with one attached hydrogen (secondary N) is 1. The van der Waals surface area contributed by atoms with E-state index in [9.17, 15) is 18.3 Å². The SMILES string of the molecule is Cc1cc(C(=O)O)c(O)c(S(=O)(=O)Nc2cccc(C)c2C)c1. The number of aromatic carboxylic acids is 1. The molecule has 0 saturated heterocycles. The van der Waals surface area contributed by atoms with Crippen molar-refractivity contribution in [2.45, 2.75) is 25.7 Å². The smallest absolute Gasteiger partial charge is 0.339 e. The molecule has 0 saturated carbocycles. The molecule has 122 valence electrons. The van der Waals surface area contributed by atoms with Crippen molar-refractivity contribution in [2.75, 3.05) is 4.72 Å². The van der Waals surface area contributed by atoms with Crippen LogP contribution in [0.5, 0.6) is 5.75 Å². The molecule has 2 aromatic carbocycles. The van der Waals surface area contributed by atoms with Crippen molar-refractivity contribution in [1.82, 2.24) is 0 Å². The minimum atomic E-state index is -4.13. The van der Waals surface area contributed by atoms with Gasteiger partial charge in [0.2, 0.25) is 0 Å². The first-order valence-corrected chi connectivity index (χ1v) is 8.27. The second-order valence-corrected chi connectivity index (χ2v) is 6.97. The maximum atomic E-state index is 12.5. The van der Waals surface area contributed by atoms with E-state index in [-0.39, 0.29) is 0 Å². The number of benzene rings is 2. The van der Waals surface area contributed by atoms with E-state index in [1.165, 1.54) is 12.1 Å². The van der Waals surface area contributed by atoms with Crippen molar-refractivity contribution in [3.05, 3.63) is 52.6 Å². The van der Waals surface area contributed by atoms with E-state index in [0.717, 1.165) is 11.1 Å². The number of sulfonamides is 1. The van der Waals surface area contributed by atoms with Crippen molar-refractivity contribution >= 4 is 21.7 Å². The minimum absolute atomic E-state index is 0.378. The maximum absolute atomic E-state index is 12.5. The number of hydrogen-bond donors (Lipinski definition) is 3. The van der Waals surface area contributed by atoms with Gasteiger partial charge >= 0.3 is 5.97 Å². The summed E-state index contributed by atoms with van der Waals surface area (Å²) in [7, 11) is -4.13. The highest BCUT2D eigenvalue weighted by Crippen LogP contribution is 2.31. The predicted octanol–water partition coefficient (Wildman–Crippen LogP) is 2.82. The number of hydrogen-bond acceptors (Lipinski definition) is 4. The van der Waals surface area contributed by atoms with Crippen LogP contribution < -0.4 is 4.72 Å². The van der Waals surface area contributed by atoms with Crippen molar-refractivity contribution in [1.29, 1.82) is 0 Å². The number of carbonyl (C=O) groups is 1. The number of carboxylic acids is 1. The molecule has 0 radical (unpaired) electrons. The zero-order valence-corrected chi connectivity index (χ0v) is 13.7. The molecule has 6 nitrogen and oxygen atoms in total. The first kappa shape index (κ1) is 16.8. The molecule has 0 aliphatic heterocycles. The van der Waals surface area contributed by atoms with Crippen LogP contribution in [-0.2, 0) is 10.0 Å². The van der Waals surface area contributed by atoms with Gasteiger partial charge in [-0.2, -0.15) is 0 Å². The van der Waals surface area contributed by atoms with Crippen LogP contribution in [0.15, 0.2) is 35.2 Å². The summed E-state index contributed by atoms with van der Waals surface area (Å²) < 4.78 is 27.5. The summed E-state index contributed by atoms with van der Waals surface area (Å²) in [5.41, 5.74) is 2.00. The molecule has 0 aliphatic carbocycles. The molecule has 23 heavy (non-hydrogen) atoms. The topological polar surface area (TPSA) is 104 Å². The monoisotopic (exact) mass is 335 g/mol. The van der Waals surface area contributed by atoms with Crippen LogP contribution in [0.25, 0.3) is 0 Å². The largest absolute Gasteiger partial charge is 0.506 e. The zero-order chi connectivity index (χ0) is 17.4. The molecule has 7 heteroatoms. The van der Waals surface area contributed by atoms with Crippen molar-refractivity contribution in [3.8, 4) is 5.75 Å². The Morgan fingerprint density at radius 3 is 2.39 bits per heavy atom. The third kappa shape index (κ3) is 3.29. The molecule has 0 fully saturated rings. The molecule has 2 aromatic rings. The summed E-state index contributed by atoms with van der Waals surface area (Å²) >= 11 is 0. The lowest BCUT2D eigenvalue weighted by molar-refractivity contribution is 0.0693. The van der Waals surface area contributed by atoms with Crippen LogP contribution in [-0.4, -0.2) is 24.6 Å². The standard InChI is InChI=1S/C16H17NO5S/c1-9-7-12(16(19)20)15(18)14(8-9)23(21,22)17-13-6-4-5-10(2)11(13)3/h4-8,17-18H,1-3H3,(H,19,20). The molecule has 0 amide bonds. The number of aryl methyl sites for hydroxylation is 2. The molecule has 2 rings (SSSR count). The van der Waals surface area contributed by atoms with Gasteiger partial charge in [0.05, 0.1) is 5.69 Å². The third-order valence-electron chi connectivity index (χ3n) is 3.59. The van der Waals surface area contributed by atoms with E-state index >= 15 is 0 Å². The van der Waals surface area contributed by atoms with Gasteiger partial charge in [-0.05, 0) is 55.7 Å². The van der Waals surface area contributed by atoms with Gasteiger partial charge in [-0.25, -0.2) is 13.2 Å². The van der Waals surface area contributed by atoms with Gasteiger partial charge in [0.15, 0.2) is 5.75 Å². The number of aromatic hydroxyl groups is 1. The Labute approximate surface area is 134 Å². The summed E-state index contributed by atoms with van der Waals surface area (Å²) in [6.45, 7) is 5.18. The second-order valence-electron chi connectivity index (χ2n) is 5.32. The molecule has 0 spiro atoms. The molecule has 0 aliphatic rings. The van der Waals surface area contributed by atoms with Gasteiger partial charge in [-0.3, -0.25) is 4.72 Å². The quantitative estimate of drug-likeness (QED) is 0.797. The Morgan fingerprint density at radius 2 is 1.78 bits per heavy atom. The van der Waals surface area contributed by atoms with E-state index in [1.807, 2.05) is 13.0 Å². The van der Waals surface area contributed by atoms with Crippen LogP contribution in [0.4, 0.5) is 5.69 Å². The fraction of sp³-hybridized carbons (Fsp3) is 0.188. The Morgan fingerprint density at radius 1 is 1.13 bits per heavy atom. The second kappa shape index (κ2) is 5.92. The summed E-state index contributed by atoms with van der Waals surface area (Å²) in [4.78, 5) is 10.7. The van der Waals surface area contributed by atoms with Gasteiger partial charge in [0.25, 0.3) is 10.0 Å². The lowest BCUT2D eigenvalue weighted by atomic mass is 10.1. The van der Waals surface area contributed by atoms with Crippen molar-refractivity contribution < 1.29 is 23.4 Å².